The minimum absolute atomic E-state index is 0.0416. The number of amides is 2. The van der Waals surface area contributed by atoms with E-state index in [9.17, 15) is 26.7 Å². The van der Waals surface area contributed by atoms with Crippen molar-refractivity contribution in [2.45, 2.75) is 6.18 Å². The van der Waals surface area contributed by atoms with Gasteiger partial charge < -0.3 is 10.1 Å². The zero-order chi connectivity index (χ0) is 24.3. The molecule has 0 saturated carbocycles. The van der Waals surface area contributed by atoms with Crippen LogP contribution in [-0.4, -0.2) is 17.2 Å². The molecule has 0 saturated heterocycles. The van der Waals surface area contributed by atoms with Gasteiger partial charge in [-0.2, -0.15) is 13.2 Å². The van der Waals surface area contributed by atoms with E-state index in [-0.39, 0.29) is 27.4 Å². The van der Waals surface area contributed by atoms with Crippen molar-refractivity contribution in [1.29, 1.82) is 0 Å². The highest BCUT2D eigenvalue weighted by Gasteiger charge is 2.32. The fourth-order valence-corrected chi connectivity index (χ4v) is 3.16. The first-order valence-corrected chi connectivity index (χ1v) is 9.78. The standard InChI is InChI=1S/C20H9Cl3F5N3O2/c21-12-5-10(31-19(32)30-8-11-15(24)2-1-3-16(11)25)6-13(22)17(12)33-18-14(23)4-9(7-29-18)20(26,27)28/h1-8H,(H,31,32). The molecular formula is C20H9Cl3F5N3O2. The van der Waals surface area contributed by atoms with Gasteiger partial charge in [0.2, 0.25) is 5.88 Å². The van der Waals surface area contributed by atoms with E-state index in [0.29, 0.717) is 18.5 Å². The number of aromatic nitrogens is 1. The number of anilines is 1. The fourth-order valence-electron chi connectivity index (χ4n) is 2.39. The first kappa shape index (κ1) is 24.7. The predicted octanol–water partition coefficient (Wildman–Crippen LogP) is 7.78. The average molecular weight is 525 g/mol. The number of carbonyl (C=O) groups excluding carboxylic acids is 1. The normalized spacial score (nSPS) is 11.6. The summed E-state index contributed by atoms with van der Waals surface area (Å²) in [4.78, 5) is 18.9. The van der Waals surface area contributed by atoms with Gasteiger partial charge in [-0.3, -0.25) is 0 Å². The van der Waals surface area contributed by atoms with E-state index in [0.717, 1.165) is 18.2 Å². The average Bonchev–Trinajstić information content (AvgIpc) is 2.70. The van der Waals surface area contributed by atoms with E-state index in [1.54, 1.807) is 0 Å². The number of nitrogens with zero attached hydrogens (tertiary/aromatic N) is 2. The summed E-state index contributed by atoms with van der Waals surface area (Å²) >= 11 is 18.0. The first-order valence-electron chi connectivity index (χ1n) is 8.64. The molecule has 3 rings (SSSR count). The van der Waals surface area contributed by atoms with Crippen molar-refractivity contribution in [1.82, 2.24) is 4.98 Å². The number of ether oxygens (including phenoxy) is 1. The second kappa shape index (κ2) is 9.90. The molecule has 0 radical (unpaired) electrons. The minimum Gasteiger partial charge on any atom is -0.434 e. The maximum Gasteiger partial charge on any atom is 0.417 e. The molecule has 1 heterocycles. The molecule has 1 N–H and O–H groups in total. The van der Waals surface area contributed by atoms with Crippen LogP contribution in [0.15, 0.2) is 47.6 Å². The van der Waals surface area contributed by atoms with Crippen LogP contribution in [0.25, 0.3) is 0 Å². The third-order valence-electron chi connectivity index (χ3n) is 3.89. The molecule has 0 aliphatic rings. The molecular weight excluding hydrogens is 516 g/mol. The van der Waals surface area contributed by atoms with Crippen molar-refractivity contribution in [3.63, 3.8) is 0 Å². The first-order chi connectivity index (χ1) is 15.5. The summed E-state index contributed by atoms with van der Waals surface area (Å²) in [6, 6.07) is 5.16. The second-order valence-electron chi connectivity index (χ2n) is 6.20. The molecule has 1 aromatic heterocycles. The highest BCUT2D eigenvalue weighted by atomic mass is 35.5. The van der Waals surface area contributed by atoms with E-state index in [2.05, 4.69) is 15.3 Å². The van der Waals surface area contributed by atoms with Gasteiger partial charge in [-0.1, -0.05) is 40.9 Å². The number of urea groups is 1. The van der Waals surface area contributed by atoms with Gasteiger partial charge in [0.15, 0.2) is 5.75 Å². The van der Waals surface area contributed by atoms with E-state index in [4.69, 9.17) is 39.5 Å². The lowest BCUT2D eigenvalue weighted by molar-refractivity contribution is -0.137. The lowest BCUT2D eigenvalue weighted by atomic mass is 10.2. The van der Waals surface area contributed by atoms with Crippen LogP contribution in [0.2, 0.25) is 15.1 Å². The quantitative estimate of drug-likeness (QED) is 0.280. The summed E-state index contributed by atoms with van der Waals surface area (Å²) in [5.74, 6) is -2.39. The Hall–Kier alpha value is -2.95. The van der Waals surface area contributed by atoms with Crippen LogP contribution in [0, 0.1) is 11.6 Å². The van der Waals surface area contributed by atoms with Crippen LogP contribution >= 0.6 is 34.8 Å². The third-order valence-corrected chi connectivity index (χ3v) is 4.73. The molecule has 0 aliphatic carbocycles. The number of halogens is 8. The van der Waals surface area contributed by atoms with Crippen molar-refractivity contribution in [2.24, 2.45) is 4.99 Å². The van der Waals surface area contributed by atoms with Crippen LogP contribution in [0.3, 0.4) is 0 Å². The van der Waals surface area contributed by atoms with Crippen LogP contribution in [-0.2, 0) is 6.18 Å². The fraction of sp³-hybridized carbons (Fsp3) is 0.0500. The van der Waals surface area contributed by atoms with Crippen molar-refractivity contribution >= 4 is 52.7 Å². The van der Waals surface area contributed by atoms with E-state index < -0.39 is 40.0 Å². The zero-order valence-corrected chi connectivity index (χ0v) is 18.1. The maximum atomic E-state index is 13.6. The monoisotopic (exact) mass is 523 g/mol. The number of alkyl halides is 3. The molecule has 0 bridgehead atoms. The number of benzene rings is 2. The number of pyridine rings is 1. The summed E-state index contributed by atoms with van der Waals surface area (Å²) in [5, 5.41) is 1.54. The third kappa shape index (κ3) is 6.10. The second-order valence-corrected chi connectivity index (χ2v) is 7.43. The van der Waals surface area contributed by atoms with Gasteiger partial charge >= 0.3 is 12.2 Å². The highest BCUT2D eigenvalue weighted by Crippen LogP contribution is 2.41. The Balaban J connectivity index is 1.76. The van der Waals surface area contributed by atoms with Crippen molar-refractivity contribution in [3.8, 4) is 11.6 Å². The molecule has 0 unspecified atom stereocenters. The Morgan fingerprint density at radius 1 is 1.03 bits per heavy atom. The smallest absolute Gasteiger partial charge is 0.417 e. The Kier molecular flexibility index (Phi) is 7.41. The molecule has 33 heavy (non-hydrogen) atoms. The van der Waals surface area contributed by atoms with Gasteiger partial charge in [0, 0.05) is 18.1 Å². The Morgan fingerprint density at radius 3 is 2.18 bits per heavy atom. The summed E-state index contributed by atoms with van der Waals surface area (Å²) < 4.78 is 70.7. The van der Waals surface area contributed by atoms with Gasteiger partial charge in [0.05, 0.1) is 21.2 Å². The topological polar surface area (TPSA) is 63.6 Å². The predicted molar refractivity (Wildman–Crippen MR) is 114 cm³/mol. The van der Waals surface area contributed by atoms with Gasteiger partial charge in [-0.05, 0) is 30.3 Å². The van der Waals surface area contributed by atoms with E-state index in [1.807, 2.05) is 0 Å². The Bertz CT molecular complexity index is 1210. The number of carbonyl (C=O) groups is 1. The lowest BCUT2D eigenvalue weighted by Gasteiger charge is -2.13. The molecule has 2 aromatic carbocycles. The maximum absolute atomic E-state index is 13.6. The van der Waals surface area contributed by atoms with Crippen LogP contribution in [0.1, 0.15) is 11.1 Å². The van der Waals surface area contributed by atoms with Gasteiger partial charge in [-0.25, -0.2) is 23.6 Å². The van der Waals surface area contributed by atoms with Crippen molar-refractivity contribution in [3.05, 3.63) is 80.4 Å². The van der Waals surface area contributed by atoms with Crippen LogP contribution in [0.4, 0.5) is 32.4 Å². The van der Waals surface area contributed by atoms with Gasteiger partial charge in [0.25, 0.3) is 0 Å². The summed E-state index contributed by atoms with van der Waals surface area (Å²) in [6.45, 7) is 0. The van der Waals surface area contributed by atoms with E-state index in [1.165, 1.54) is 12.1 Å². The SMILES string of the molecule is O=C(N=Cc1c(F)cccc1F)Nc1cc(Cl)c(Oc2ncc(C(F)(F)F)cc2Cl)c(Cl)c1. The summed E-state index contributed by atoms with van der Waals surface area (Å²) in [7, 11) is 0. The van der Waals surface area contributed by atoms with Crippen molar-refractivity contribution < 1.29 is 31.5 Å². The van der Waals surface area contributed by atoms with Crippen LogP contribution < -0.4 is 10.1 Å². The molecule has 0 spiro atoms. The molecule has 0 atom stereocenters. The molecule has 172 valence electrons. The largest absolute Gasteiger partial charge is 0.434 e. The molecule has 3 aromatic rings. The van der Waals surface area contributed by atoms with Crippen LogP contribution in [0.5, 0.6) is 11.6 Å². The number of rotatable bonds is 4. The number of aliphatic imine (C=N–C) groups is 1. The Labute approximate surface area is 197 Å². The molecule has 0 aliphatic heterocycles. The molecule has 5 nitrogen and oxygen atoms in total. The van der Waals surface area contributed by atoms with Gasteiger partial charge in [-0.15, -0.1) is 0 Å². The highest BCUT2D eigenvalue weighted by molar-refractivity contribution is 6.38. The zero-order valence-electron chi connectivity index (χ0n) is 15.9. The minimum atomic E-state index is -4.65. The lowest BCUT2D eigenvalue weighted by Crippen LogP contribution is -2.08. The summed E-state index contributed by atoms with van der Waals surface area (Å²) in [6.07, 6.45) is -3.42. The summed E-state index contributed by atoms with van der Waals surface area (Å²) in [5.41, 5.74) is -1.54. The van der Waals surface area contributed by atoms with Crippen molar-refractivity contribution in [2.75, 3.05) is 5.32 Å². The molecule has 2 amide bonds. The number of hydrogen-bond acceptors (Lipinski definition) is 3. The Morgan fingerprint density at radius 2 is 1.64 bits per heavy atom. The molecule has 13 heteroatoms. The number of nitrogens with one attached hydrogen (secondary N) is 1. The van der Waals surface area contributed by atoms with E-state index >= 15 is 0 Å². The van der Waals surface area contributed by atoms with Gasteiger partial charge in [0.1, 0.15) is 16.7 Å². The molecule has 0 fully saturated rings. The number of hydrogen-bond donors (Lipinski definition) is 1.